The molecule has 0 saturated carbocycles. The van der Waals surface area contributed by atoms with Crippen LogP contribution in [0.5, 0.6) is 5.75 Å². The van der Waals surface area contributed by atoms with Crippen LogP contribution in [0.2, 0.25) is 0 Å². The first-order valence-corrected chi connectivity index (χ1v) is 6.97. The second-order valence-electron chi connectivity index (χ2n) is 6.26. The summed E-state index contributed by atoms with van der Waals surface area (Å²) in [5.41, 5.74) is 0.0561. The molecule has 5 nitrogen and oxygen atoms in total. The molecular formula is C16H18O5. The number of ketones is 1. The van der Waals surface area contributed by atoms with Crippen molar-refractivity contribution in [2.45, 2.75) is 44.7 Å². The van der Waals surface area contributed by atoms with Gasteiger partial charge in [-0.2, -0.15) is 0 Å². The van der Waals surface area contributed by atoms with Gasteiger partial charge in [0.05, 0.1) is 5.56 Å². The van der Waals surface area contributed by atoms with Crippen LogP contribution in [0, 0.1) is 5.92 Å². The molecule has 112 valence electrons. The molecule has 3 rings (SSSR count). The molecule has 0 unspecified atom stereocenters. The fraction of sp³-hybridized carbons (Fsp3) is 0.500. The van der Waals surface area contributed by atoms with Gasteiger partial charge in [0.1, 0.15) is 23.7 Å². The number of aldehydes is 1. The molecule has 1 aliphatic carbocycles. The van der Waals surface area contributed by atoms with E-state index >= 15 is 0 Å². The summed E-state index contributed by atoms with van der Waals surface area (Å²) >= 11 is 0. The Morgan fingerprint density at radius 2 is 2.05 bits per heavy atom. The van der Waals surface area contributed by atoms with Crippen LogP contribution in [0.4, 0.5) is 0 Å². The van der Waals surface area contributed by atoms with Crippen LogP contribution < -0.4 is 0 Å². The lowest BCUT2D eigenvalue weighted by molar-refractivity contribution is -0.349. The van der Waals surface area contributed by atoms with Crippen LogP contribution in [-0.2, 0) is 19.9 Å². The first-order chi connectivity index (χ1) is 9.78. The topological polar surface area (TPSA) is 72.8 Å². The maximum absolute atomic E-state index is 12.3. The third kappa shape index (κ3) is 2.00. The van der Waals surface area contributed by atoms with E-state index < -0.39 is 23.4 Å². The lowest BCUT2D eigenvalue weighted by Gasteiger charge is -2.53. The third-order valence-electron chi connectivity index (χ3n) is 4.38. The Bertz CT molecular complexity index is 621. The van der Waals surface area contributed by atoms with Crippen molar-refractivity contribution in [1.29, 1.82) is 0 Å². The molecule has 1 N–H and O–H groups in total. The molecule has 0 spiro atoms. The Morgan fingerprint density at radius 3 is 2.71 bits per heavy atom. The van der Waals surface area contributed by atoms with Crippen molar-refractivity contribution in [2.24, 2.45) is 5.92 Å². The SMILES string of the molecule is CC1(C)O[C@H](C=O)[C@@H]2CC(=O)c3c(O)cccc3[C@]2(C)O1. The average Bonchev–Trinajstić information content (AvgIpc) is 2.39. The zero-order chi connectivity index (χ0) is 15.4. The number of hydrogen-bond acceptors (Lipinski definition) is 5. The van der Waals surface area contributed by atoms with Gasteiger partial charge in [-0.25, -0.2) is 0 Å². The van der Waals surface area contributed by atoms with Crippen molar-refractivity contribution in [1.82, 2.24) is 0 Å². The Labute approximate surface area is 122 Å². The standard InChI is InChI=1S/C16H18O5/c1-15(2)20-13(8-17)10-7-12(19)14-9(16(10,3)21-15)5-4-6-11(14)18/h4-6,8,10,13,18H,7H2,1-3H3/t10-,13+,16-/m0/s1. The Morgan fingerprint density at radius 1 is 1.33 bits per heavy atom. The minimum absolute atomic E-state index is 0.0484. The van der Waals surface area contributed by atoms with Crippen LogP contribution >= 0.6 is 0 Å². The first-order valence-electron chi connectivity index (χ1n) is 6.97. The Hall–Kier alpha value is -1.72. The van der Waals surface area contributed by atoms with E-state index in [9.17, 15) is 14.7 Å². The fourth-order valence-corrected chi connectivity index (χ4v) is 3.57. The van der Waals surface area contributed by atoms with Gasteiger partial charge in [0.15, 0.2) is 11.6 Å². The molecule has 0 aromatic heterocycles. The van der Waals surface area contributed by atoms with Crippen molar-refractivity contribution in [3.8, 4) is 5.75 Å². The van der Waals surface area contributed by atoms with Gasteiger partial charge in [0.25, 0.3) is 0 Å². The molecule has 1 aliphatic heterocycles. The van der Waals surface area contributed by atoms with E-state index in [2.05, 4.69) is 0 Å². The zero-order valence-corrected chi connectivity index (χ0v) is 12.3. The molecule has 2 aliphatic rings. The van der Waals surface area contributed by atoms with Gasteiger partial charge >= 0.3 is 0 Å². The monoisotopic (exact) mass is 290 g/mol. The quantitative estimate of drug-likeness (QED) is 0.802. The molecular weight excluding hydrogens is 272 g/mol. The number of carbonyl (C=O) groups excluding carboxylic acids is 2. The number of benzene rings is 1. The molecule has 1 aromatic carbocycles. The smallest absolute Gasteiger partial charge is 0.167 e. The normalized spacial score (nSPS) is 34.0. The van der Waals surface area contributed by atoms with E-state index in [1.54, 1.807) is 26.0 Å². The van der Waals surface area contributed by atoms with E-state index in [0.717, 1.165) is 6.29 Å². The van der Waals surface area contributed by atoms with Crippen LogP contribution in [-0.4, -0.2) is 29.1 Å². The zero-order valence-electron chi connectivity index (χ0n) is 12.3. The van der Waals surface area contributed by atoms with Crippen molar-refractivity contribution < 1.29 is 24.2 Å². The van der Waals surface area contributed by atoms with Crippen LogP contribution in [0.1, 0.15) is 43.1 Å². The van der Waals surface area contributed by atoms with E-state index in [0.29, 0.717) is 11.1 Å². The third-order valence-corrected chi connectivity index (χ3v) is 4.38. The van der Waals surface area contributed by atoms with Gasteiger partial charge in [-0.3, -0.25) is 4.79 Å². The van der Waals surface area contributed by atoms with E-state index in [1.807, 2.05) is 6.92 Å². The number of ether oxygens (including phenoxy) is 2. The Balaban J connectivity index is 2.21. The molecule has 1 aromatic rings. The summed E-state index contributed by atoms with van der Waals surface area (Å²) in [5.74, 6) is -1.58. The molecule has 1 saturated heterocycles. The minimum Gasteiger partial charge on any atom is -0.507 e. The largest absolute Gasteiger partial charge is 0.507 e. The molecule has 3 atom stereocenters. The van der Waals surface area contributed by atoms with Gasteiger partial charge in [-0.05, 0) is 32.4 Å². The van der Waals surface area contributed by atoms with Crippen LogP contribution in [0.15, 0.2) is 18.2 Å². The molecule has 21 heavy (non-hydrogen) atoms. The maximum Gasteiger partial charge on any atom is 0.167 e. The average molecular weight is 290 g/mol. The summed E-state index contributed by atoms with van der Waals surface area (Å²) in [4.78, 5) is 23.7. The fourth-order valence-electron chi connectivity index (χ4n) is 3.57. The molecule has 1 heterocycles. The van der Waals surface area contributed by atoms with Gasteiger partial charge in [0, 0.05) is 12.3 Å². The molecule has 1 fully saturated rings. The number of phenols is 1. The summed E-state index contributed by atoms with van der Waals surface area (Å²) in [5, 5.41) is 10.0. The van der Waals surface area contributed by atoms with Gasteiger partial charge in [-0.1, -0.05) is 12.1 Å². The van der Waals surface area contributed by atoms with Crippen molar-refractivity contribution in [3.63, 3.8) is 0 Å². The van der Waals surface area contributed by atoms with E-state index in [1.165, 1.54) is 6.07 Å². The predicted molar refractivity (Wildman–Crippen MR) is 74.0 cm³/mol. The number of phenolic OH excluding ortho intramolecular Hbond substituents is 1. The van der Waals surface area contributed by atoms with E-state index in [-0.39, 0.29) is 18.0 Å². The maximum atomic E-state index is 12.3. The van der Waals surface area contributed by atoms with Crippen LogP contribution in [0.3, 0.4) is 0 Å². The minimum atomic E-state index is -0.944. The Kier molecular flexibility index (Phi) is 2.97. The van der Waals surface area contributed by atoms with Crippen LogP contribution in [0.25, 0.3) is 0 Å². The molecule has 5 heteroatoms. The highest BCUT2D eigenvalue weighted by molar-refractivity contribution is 6.02. The van der Waals surface area contributed by atoms with E-state index in [4.69, 9.17) is 9.47 Å². The molecule has 0 bridgehead atoms. The number of Topliss-reactive ketones (excluding diaryl/α,β-unsaturated/α-hetero) is 1. The summed E-state index contributed by atoms with van der Waals surface area (Å²) in [7, 11) is 0. The number of hydrogen-bond donors (Lipinski definition) is 1. The predicted octanol–water partition coefficient (Wildman–Crippen LogP) is 2.16. The summed E-state index contributed by atoms with van der Waals surface area (Å²) in [6, 6.07) is 4.93. The molecule has 0 radical (unpaired) electrons. The van der Waals surface area contributed by atoms with Crippen molar-refractivity contribution >= 4 is 12.1 Å². The number of aromatic hydroxyl groups is 1. The highest BCUT2D eigenvalue weighted by atomic mass is 16.7. The lowest BCUT2D eigenvalue weighted by atomic mass is 9.68. The van der Waals surface area contributed by atoms with Gasteiger partial charge in [-0.15, -0.1) is 0 Å². The summed E-state index contributed by atoms with van der Waals surface area (Å²) in [6.45, 7) is 5.33. The number of carbonyl (C=O) groups is 2. The second-order valence-corrected chi connectivity index (χ2v) is 6.26. The van der Waals surface area contributed by atoms with Crippen molar-refractivity contribution in [3.05, 3.63) is 29.3 Å². The summed E-state index contributed by atoms with van der Waals surface area (Å²) < 4.78 is 11.7. The highest BCUT2D eigenvalue weighted by Crippen LogP contribution is 2.51. The van der Waals surface area contributed by atoms with Crippen molar-refractivity contribution in [2.75, 3.05) is 0 Å². The second kappa shape index (κ2) is 4.39. The van der Waals surface area contributed by atoms with Gasteiger partial charge in [0.2, 0.25) is 0 Å². The highest BCUT2D eigenvalue weighted by Gasteiger charge is 2.55. The molecule has 0 amide bonds. The lowest BCUT2D eigenvalue weighted by Crippen LogP contribution is -2.58. The number of fused-ring (bicyclic) bond motifs is 3. The first kappa shape index (κ1) is 14.2. The number of rotatable bonds is 1. The van der Waals surface area contributed by atoms with Gasteiger partial charge < -0.3 is 19.4 Å². The summed E-state index contributed by atoms with van der Waals surface area (Å²) in [6.07, 6.45) is 0.132.